The fourth-order valence-electron chi connectivity index (χ4n) is 1.89. The number of ketones is 1. The quantitative estimate of drug-likeness (QED) is 0.421. The molecule has 0 bridgehead atoms. The lowest BCUT2D eigenvalue weighted by atomic mass is 10.1. The number of hydrogen-bond donors (Lipinski definition) is 0. The summed E-state index contributed by atoms with van der Waals surface area (Å²) in [5, 5.41) is 0. The van der Waals surface area contributed by atoms with Gasteiger partial charge < -0.3 is 9.47 Å². The molecule has 0 radical (unpaired) electrons. The second-order valence-electron chi connectivity index (χ2n) is 4.98. The van der Waals surface area contributed by atoms with Crippen LogP contribution in [0.3, 0.4) is 0 Å². The van der Waals surface area contributed by atoms with Crippen molar-refractivity contribution in [2.24, 2.45) is 0 Å². The maximum atomic E-state index is 13.0. The molecule has 2 aromatic carbocycles. The normalized spacial score (nSPS) is 10.2. The Bertz CT molecular complexity index is 701. The van der Waals surface area contributed by atoms with Gasteiger partial charge in [-0.3, -0.25) is 9.59 Å². The number of halogens is 2. The number of rotatable bonds is 8. The first-order valence-electron chi connectivity index (χ1n) is 7.38. The maximum Gasteiger partial charge on any atom is 0.306 e. The largest absolute Gasteiger partial charge is 0.494 e. The molecule has 2 aromatic rings. The third-order valence-electron chi connectivity index (χ3n) is 3.14. The predicted octanol–water partition coefficient (Wildman–Crippen LogP) is 3.55. The zero-order valence-corrected chi connectivity index (χ0v) is 12.8. The highest BCUT2D eigenvalue weighted by Crippen LogP contribution is 2.10. The Hall–Kier alpha value is -2.76. The van der Waals surface area contributed by atoms with Gasteiger partial charge in [-0.1, -0.05) is 18.2 Å². The molecule has 0 aliphatic heterocycles. The third-order valence-corrected chi connectivity index (χ3v) is 3.14. The Morgan fingerprint density at radius 2 is 1.71 bits per heavy atom. The molecule has 0 unspecified atom stereocenters. The molecule has 6 heteroatoms. The molecule has 4 nitrogen and oxygen atoms in total. The number of Topliss-reactive ketones (excluding diaryl/α,β-unsaturated/α-hetero) is 1. The van der Waals surface area contributed by atoms with Crippen molar-refractivity contribution in [2.75, 3.05) is 13.2 Å². The summed E-state index contributed by atoms with van der Waals surface area (Å²) in [4.78, 5) is 23.3. The molecule has 0 saturated heterocycles. The van der Waals surface area contributed by atoms with Crippen molar-refractivity contribution in [3.8, 4) is 5.75 Å². The fourth-order valence-corrected chi connectivity index (χ4v) is 1.89. The third kappa shape index (κ3) is 5.46. The van der Waals surface area contributed by atoms with E-state index in [1.807, 2.05) is 18.2 Å². The SMILES string of the molecule is O=C(CCCOc1ccccc1)OCC(=O)c1ccc(F)c(F)c1. The van der Waals surface area contributed by atoms with Gasteiger partial charge >= 0.3 is 5.97 Å². The average Bonchev–Trinajstić information content (AvgIpc) is 2.60. The molecule has 2 rings (SSSR count). The smallest absolute Gasteiger partial charge is 0.306 e. The first kappa shape index (κ1) is 17.6. The van der Waals surface area contributed by atoms with Gasteiger partial charge in [-0.25, -0.2) is 8.78 Å². The van der Waals surface area contributed by atoms with E-state index in [0.717, 1.165) is 18.2 Å². The fraction of sp³-hybridized carbons (Fsp3) is 0.222. The van der Waals surface area contributed by atoms with E-state index in [9.17, 15) is 18.4 Å². The lowest BCUT2D eigenvalue weighted by molar-refractivity contribution is -0.142. The summed E-state index contributed by atoms with van der Waals surface area (Å²) >= 11 is 0. The summed E-state index contributed by atoms with van der Waals surface area (Å²) in [5.41, 5.74) is -0.0471. The minimum Gasteiger partial charge on any atom is -0.494 e. The molecule has 0 aliphatic rings. The van der Waals surface area contributed by atoms with Crippen LogP contribution in [0.1, 0.15) is 23.2 Å². The number of carbonyl (C=O) groups is 2. The molecule has 0 N–H and O–H groups in total. The molecule has 24 heavy (non-hydrogen) atoms. The minimum atomic E-state index is -1.12. The monoisotopic (exact) mass is 334 g/mol. The van der Waals surface area contributed by atoms with Gasteiger partial charge in [0.05, 0.1) is 6.61 Å². The highest BCUT2D eigenvalue weighted by Gasteiger charge is 2.12. The molecule has 0 spiro atoms. The van der Waals surface area contributed by atoms with Crippen LogP contribution < -0.4 is 4.74 Å². The van der Waals surface area contributed by atoms with Crippen LogP contribution >= 0.6 is 0 Å². The Morgan fingerprint density at radius 3 is 2.42 bits per heavy atom. The molecule has 0 heterocycles. The van der Waals surface area contributed by atoms with Gasteiger partial charge in [0.25, 0.3) is 0 Å². The summed E-state index contributed by atoms with van der Waals surface area (Å²) in [6, 6.07) is 11.9. The van der Waals surface area contributed by atoms with Crippen molar-refractivity contribution in [1.82, 2.24) is 0 Å². The standard InChI is InChI=1S/C18H16F2O4/c19-15-9-8-13(11-16(15)20)17(21)12-24-18(22)7-4-10-23-14-5-2-1-3-6-14/h1-3,5-6,8-9,11H,4,7,10,12H2. The van der Waals surface area contributed by atoms with E-state index in [4.69, 9.17) is 9.47 Å². The summed E-state index contributed by atoms with van der Waals surface area (Å²) in [7, 11) is 0. The number of ether oxygens (including phenoxy) is 2. The Morgan fingerprint density at radius 1 is 0.958 bits per heavy atom. The van der Waals surface area contributed by atoms with Gasteiger partial charge in [0.2, 0.25) is 0 Å². The Labute approximate surface area is 138 Å². The van der Waals surface area contributed by atoms with Gasteiger partial charge in [-0.05, 0) is 36.8 Å². The van der Waals surface area contributed by atoms with Crippen LogP contribution in [-0.4, -0.2) is 25.0 Å². The molecule has 0 aliphatic carbocycles. The molecular formula is C18H16F2O4. The van der Waals surface area contributed by atoms with Gasteiger partial charge in [-0.2, -0.15) is 0 Å². The first-order chi connectivity index (χ1) is 11.6. The van der Waals surface area contributed by atoms with Crippen molar-refractivity contribution in [3.05, 3.63) is 65.7 Å². The highest BCUT2D eigenvalue weighted by atomic mass is 19.2. The van der Waals surface area contributed by atoms with Crippen LogP contribution in [0.2, 0.25) is 0 Å². The van der Waals surface area contributed by atoms with E-state index in [-0.39, 0.29) is 12.0 Å². The van der Waals surface area contributed by atoms with Crippen LogP contribution in [-0.2, 0) is 9.53 Å². The molecule has 126 valence electrons. The number of benzene rings is 2. The first-order valence-corrected chi connectivity index (χ1v) is 7.38. The lowest BCUT2D eigenvalue weighted by Crippen LogP contribution is -2.15. The number of hydrogen-bond acceptors (Lipinski definition) is 4. The van der Waals surface area contributed by atoms with Crippen molar-refractivity contribution in [2.45, 2.75) is 12.8 Å². The van der Waals surface area contributed by atoms with Crippen LogP contribution in [0.5, 0.6) is 5.75 Å². The van der Waals surface area contributed by atoms with Crippen molar-refractivity contribution in [1.29, 1.82) is 0 Å². The van der Waals surface area contributed by atoms with Crippen LogP contribution in [0.15, 0.2) is 48.5 Å². The number of carbonyl (C=O) groups excluding carboxylic acids is 2. The number of para-hydroxylation sites is 1. The van der Waals surface area contributed by atoms with Gasteiger partial charge in [0, 0.05) is 12.0 Å². The Balaban J connectivity index is 1.67. The lowest BCUT2D eigenvalue weighted by Gasteiger charge is -2.06. The van der Waals surface area contributed by atoms with E-state index >= 15 is 0 Å². The summed E-state index contributed by atoms with van der Waals surface area (Å²) in [6.07, 6.45) is 0.533. The zero-order chi connectivity index (χ0) is 17.4. The molecule has 0 fully saturated rings. The van der Waals surface area contributed by atoms with Gasteiger partial charge in [0.1, 0.15) is 5.75 Å². The molecular weight excluding hydrogens is 318 g/mol. The predicted molar refractivity (Wildman–Crippen MR) is 82.8 cm³/mol. The van der Waals surface area contributed by atoms with E-state index < -0.39 is 30.0 Å². The summed E-state index contributed by atoms with van der Waals surface area (Å²) in [6.45, 7) is -0.167. The van der Waals surface area contributed by atoms with Crippen molar-refractivity contribution in [3.63, 3.8) is 0 Å². The van der Waals surface area contributed by atoms with Gasteiger partial charge in [0.15, 0.2) is 24.0 Å². The molecule has 0 aromatic heterocycles. The van der Waals surface area contributed by atoms with E-state index in [1.165, 1.54) is 0 Å². The van der Waals surface area contributed by atoms with Crippen LogP contribution in [0, 0.1) is 11.6 Å². The van der Waals surface area contributed by atoms with Crippen molar-refractivity contribution >= 4 is 11.8 Å². The average molecular weight is 334 g/mol. The second-order valence-corrected chi connectivity index (χ2v) is 4.98. The zero-order valence-electron chi connectivity index (χ0n) is 12.8. The van der Waals surface area contributed by atoms with Crippen LogP contribution in [0.25, 0.3) is 0 Å². The molecule has 0 amide bonds. The summed E-state index contributed by atoms with van der Waals surface area (Å²) < 4.78 is 36.1. The number of esters is 1. The summed E-state index contributed by atoms with van der Waals surface area (Å²) in [5.74, 6) is -2.60. The highest BCUT2D eigenvalue weighted by molar-refractivity contribution is 5.97. The molecule has 0 saturated carbocycles. The Kier molecular flexibility index (Phi) is 6.42. The maximum absolute atomic E-state index is 13.0. The topological polar surface area (TPSA) is 52.6 Å². The second kappa shape index (κ2) is 8.76. The van der Waals surface area contributed by atoms with Crippen LogP contribution in [0.4, 0.5) is 8.78 Å². The minimum absolute atomic E-state index is 0.0471. The molecule has 0 atom stereocenters. The van der Waals surface area contributed by atoms with E-state index in [0.29, 0.717) is 18.8 Å². The van der Waals surface area contributed by atoms with Gasteiger partial charge in [-0.15, -0.1) is 0 Å². The van der Waals surface area contributed by atoms with Crippen molar-refractivity contribution < 1.29 is 27.8 Å². The van der Waals surface area contributed by atoms with E-state index in [1.54, 1.807) is 12.1 Å². The van der Waals surface area contributed by atoms with E-state index in [2.05, 4.69) is 0 Å².